The van der Waals surface area contributed by atoms with Crippen molar-refractivity contribution < 1.29 is 0 Å². The first-order valence-corrected chi connectivity index (χ1v) is 17.7. The van der Waals surface area contributed by atoms with Gasteiger partial charge in [0.05, 0.1) is 0 Å². The molecule has 0 heterocycles. The highest BCUT2D eigenvalue weighted by molar-refractivity contribution is 8.14. The summed E-state index contributed by atoms with van der Waals surface area (Å²) in [5.74, 6) is 0. The maximum Gasteiger partial charge on any atom is 0.153 e. The standard InChI is InChI=1S/C24H51PS.HPS/c1-4-7-10-13-16-19-22-25(26,23-20-17-14-11-8-5-2)24-21-18-15-12-9-6-3;1-2/h4-24H2,1-3H3;1H/p+1. The summed E-state index contributed by atoms with van der Waals surface area (Å²) in [6.45, 7) is 6.92. The Morgan fingerprint density at radius 3 is 0.893 bits per heavy atom. The average Bonchev–Trinajstić information content (AvgIpc) is 2.71. The van der Waals surface area contributed by atoms with Gasteiger partial charge in [-0.2, -0.15) is 0 Å². The summed E-state index contributed by atoms with van der Waals surface area (Å²) in [6.07, 6.45) is 29.8. The van der Waals surface area contributed by atoms with Crippen LogP contribution in [-0.2, 0) is 23.6 Å². The van der Waals surface area contributed by atoms with Gasteiger partial charge in [-0.15, -0.1) is 0 Å². The maximum absolute atomic E-state index is 6.32. The lowest BCUT2D eigenvalue weighted by Gasteiger charge is -2.22. The third-order valence-electron chi connectivity index (χ3n) is 5.76. The van der Waals surface area contributed by atoms with Gasteiger partial charge in [-0.05, 0) is 43.8 Å². The van der Waals surface area contributed by atoms with Crippen LogP contribution >= 0.6 is 14.1 Å². The van der Waals surface area contributed by atoms with Gasteiger partial charge in [0.2, 0.25) is 0 Å². The average molecular weight is 468 g/mol. The van der Waals surface area contributed by atoms with E-state index in [1.54, 1.807) is 0 Å². The fourth-order valence-corrected chi connectivity index (χ4v) is 8.11. The Kier molecular flexibility index (Phi) is 29.3. The number of unbranched alkanes of at least 4 members (excludes halogenated alkanes) is 15. The molecule has 0 aromatic carbocycles. The quantitative estimate of drug-likeness (QED) is 0.122. The van der Waals surface area contributed by atoms with Gasteiger partial charge < -0.3 is 0 Å². The van der Waals surface area contributed by atoms with Crippen molar-refractivity contribution >= 4 is 37.7 Å². The smallest absolute Gasteiger partial charge is 0.0975 e. The van der Waals surface area contributed by atoms with Gasteiger partial charge in [-0.3, -0.25) is 0 Å². The van der Waals surface area contributed by atoms with Gasteiger partial charge in [0.15, 0.2) is 11.8 Å². The minimum absolute atomic E-state index is 1.05. The summed E-state index contributed by atoms with van der Waals surface area (Å²) in [4.78, 5) is 0. The Morgan fingerprint density at radius 1 is 0.429 bits per heavy atom. The molecule has 0 amide bonds. The molecule has 0 aliphatic heterocycles. The molecule has 0 aromatic heterocycles. The van der Waals surface area contributed by atoms with Gasteiger partial charge in [0.25, 0.3) is 0 Å². The first-order valence-electron chi connectivity index (χ1n) is 12.5. The second-order valence-electron chi connectivity index (χ2n) is 8.53. The van der Waals surface area contributed by atoms with E-state index in [-0.39, 0.29) is 0 Å². The molecule has 0 nitrogen and oxygen atoms in total. The second-order valence-corrected chi connectivity index (χ2v) is 14.3. The highest BCUT2D eigenvalue weighted by Gasteiger charge is 2.16. The molecule has 0 N–H and O–H groups in total. The molecular weight excluding hydrogens is 414 g/mol. The van der Waals surface area contributed by atoms with Crippen LogP contribution in [0.25, 0.3) is 0 Å². The molecule has 1 unspecified atom stereocenters. The van der Waals surface area contributed by atoms with Crippen molar-refractivity contribution in [2.24, 2.45) is 0 Å². The summed E-state index contributed by atoms with van der Waals surface area (Å²) in [6, 6.07) is -1.05. The van der Waals surface area contributed by atoms with Crippen molar-refractivity contribution in [3.63, 3.8) is 0 Å². The van der Waals surface area contributed by atoms with Crippen molar-refractivity contribution in [1.29, 1.82) is 0 Å². The van der Waals surface area contributed by atoms with Crippen molar-refractivity contribution in [3.05, 3.63) is 0 Å². The lowest BCUT2D eigenvalue weighted by molar-refractivity contribution is 0.617. The summed E-state index contributed by atoms with van der Waals surface area (Å²) >= 11 is 10.3. The molecule has 0 aliphatic rings. The summed E-state index contributed by atoms with van der Waals surface area (Å²) in [5, 5.41) is 0. The van der Waals surface area contributed by atoms with E-state index in [2.05, 4.69) is 32.6 Å². The highest BCUT2D eigenvalue weighted by Crippen LogP contribution is 2.49. The number of hydrogen-bond donors (Lipinski definition) is 0. The molecule has 0 bridgehead atoms. The first kappa shape index (κ1) is 31.4. The largest absolute Gasteiger partial charge is 0.153 e. The molecule has 4 heteroatoms. The molecule has 0 aliphatic carbocycles. The van der Waals surface area contributed by atoms with E-state index in [1.165, 1.54) is 134 Å². The minimum Gasteiger partial charge on any atom is -0.0975 e. The molecule has 28 heavy (non-hydrogen) atoms. The van der Waals surface area contributed by atoms with E-state index in [4.69, 9.17) is 11.8 Å². The highest BCUT2D eigenvalue weighted by atomic mass is 32.4. The lowest BCUT2D eigenvalue weighted by Crippen LogP contribution is -2.01. The fraction of sp³-hybridized carbons (Fsp3) is 1.00. The molecule has 1 atom stereocenters. The van der Waals surface area contributed by atoms with E-state index in [9.17, 15) is 0 Å². The van der Waals surface area contributed by atoms with Crippen molar-refractivity contribution in [2.75, 3.05) is 18.5 Å². The first-order chi connectivity index (χ1) is 13.7. The maximum atomic E-state index is 6.32. The van der Waals surface area contributed by atoms with Crippen molar-refractivity contribution in [3.8, 4) is 0 Å². The second kappa shape index (κ2) is 26.2. The Balaban J connectivity index is 0. The normalized spacial score (nSPS) is 11.2. The summed E-state index contributed by atoms with van der Waals surface area (Å²) in [7, 11) is 2.00. The Hall–Kier alpha value is 1.17. The Morgan fingerprint density at radius 2 is 0.643 bits per heavy atom. The van der Waals surface area contributed by atoms with E-state index in [1.807, 2.05) is 8.02 Å². The Bertz CT molecular complexity index is 287. The zero-order chi connectivity index (χ0) is 21.3. The fourth-order valence-electron chi connectivity index (χ4n) is 3.88. The predicted octanol–water partition coefficient (Wildman–Crippen LogP) is 9.87. The van der Waals surface area contributed by atoms with Gasteiger partial charge in [-0.25, -0.2) is 0 Å². The molecule has 0 saturated heterocycles. The zero-order valence-electron chi connectivity index (χ0n) is 19.7. The molecule has 0 rings (SSSR count). The molecule has 0 aromatic rings. The van der Waals surface area contributed by atoms with Crippen LogP contribution in [0.2, 0.25) is 0 Å². The van der Waals surface area contributed by atoms with Crippen LogP contribution in [0.3, 0.4) is 0 Å². The van der Waals surface area contributed by atoms with Crippen molar-refractivity contribution in [1.82, 2.24) is 0 Å². The summed E-state index contributed by atoms with van der Waals surface area (Å²) < 4.78 is 0. The van der Waals surface area contributed by atoms with Crippen LogP contribution < -0.4 is 0 Å². The molecule has 0 spiro atoms. The third kappa shape index (κ3) is 23.4. The number of hydrogen-bond acceptors (Lipinski definition) is 2. The zero-order valence-corrected chi connectivity index (χ0v) is 23.4. The predicted molar refractivity (Wildman–Crippen MR) is 146 cm³/mol. The van der Waals surface area contributed by atoms with Gasteiger partial charge in [-0.1, -0.05) is 129 Å². The van der Waals surface area contributed by atoms with Crippen LogP contribution in [-0.4, -0.2) is 18.5 Å². The van der Waals surface area contributed by atoms with Crippen LogP contribution in [0.15, 0.2) is 0 Å². The van der Waals surface area contributed by atoms with Gasteiger partial charge in [0.1, 0.15) is 8.02 Å². The van der Waals surface area contributed by atoms with E-state index in [0.29, 0.717) is 0 Å². The lowest BCUT2D eigenvalue weighted by atomic mass is 10.1. The molecule has 170 valence electrons. The van der Waals surface area contributed by atoms with E-state index >= 15 is 0 Å². The van der Waals surface area contributed by atoms with Gasteiger partial charge >= 0.3 is 0 Å². The van der Waals surface area contributed by atoms with Crippen LogP contribution in [0, 0.1) is 0 Å². The van der Waals surface area contributed by atoms with Crippen molar-refractivity contribution in [2.45, 2.75) is 136 Å². The molecule has 0 fully saturated rings. The van der Waals surface area contributed by atoms with Crippen LogP contribution in [0.4, 0.5) is 0 Å². The monoisotopic (exact) mass is 467 g/mol. The van der Waals surface area contributed by atoms with Crippen LogP contribution in [0.1, 0.15) is 136 Å². The summed E-state index contributed by atoms with van der Waals surface area (Å²) in [5.41, 5.74) is 0. The molecular formula is C24H53P2S2+. The van der Waals surface area contributed by atoms with E-state index < -0.39 is 6.04 Å². The SMILES string of the molecule is CCCCCCCCP(=S)(CCCCCCCC)CCCCCCCC.[PH2+]=S. The van der Waals surface area contributed by atoms with Crippen LogP contribution in [0.5, 0.6) is 0 Å². The topological polar surface area (TPSA) is 0 Å². The molecule has 0 radical (unpaired) electrons. The van der Waals surface area contributed by atoms with E-state index in [0.717, 1.165) is 0 Å². The third-order valence-corrected chi connectivity index (χ3v) is 10.8. The van der Waals surface area contributed by atoms with Gasteiger partial charge in [0, 0.05) is 0 Å². The molecule has 0 saturated carbocycles. The minimum atomic E-state index is -1.05. The number of rotatable bonds is 21. The Labute approximate surface area is 192 Å².